The summed E-state index contributed by atoms with van der Waals surface area (Å²) in [6, 6.07) is 13.4. The predicted octanol–water partition coefficient (Wildman–Crippen LogP) is 10.2. The van der Waals surface area contributed by atoms with Crippen LogP contribution in [0.5, 0.6) is 0 Å². The fourth-order valence-electron chi connectivity index (χ4n) is 7.10. The number of H-pyrrole nitrogens is 2. The van der Waals surface area contributed by atoms with E-state index in [0.29, 0.717) is 11.8 Å². The Morgan fingerprint density at radius 2 is 1.05 bits per heavy atom. The number of nitrogens with zero attached hydrogens (tertiary/aromatic N) is 2. The van der Waals surface area contributed by atoms with Gasteiger partial charge in [0.15, 0.2) is 0 Å². The number of unbranched alkanes of at least 4 members (excludes halogenated alkanes) is 4. The highest BCUT2D eigenvalue weighted by molar-refractivity contribution is 5.69. The van der Waals surface area contributed by atoms with Gasteiger partial charge < -0.3 is 0 Å². The van der Waals surface area contributed by atoms with E-state index in [2.05, 4.69) is 60.4 Å². The molecule has 2 aromatic heterocycles. The largest absolute Gasteiger partial charge is 0.278 e. The molecule has 0 bridgehead atoms. The molecule has 0 saturated heterocycles. The second kappa shape index (κ2) is 13.6. The molecule has 2 saturated carbocycles. The Bertz CT molecular complexity index is 1010. The highest BCUT2D eigenvalue weighted by Gasteiger charge is 2.25. The summed E-state index contributed by atoms with van der Waals surface area (Å²) in [6.07, 6.45) is 21.7. The Balaban J connectivity index is 1.17. The zero-order valence-corrected chi connectivity index (χ0v) is 24.0. The molecular formula is C34H50N4. The van der Waals surface area contributed by atoms with Crippen LogP contribution in [0.2, 0.25) is 0 Å². The number of nitrogens with one attached hydrogen (secondary N) is 2. The molecule has 0 aliphatic heterocycles. The Morgan fingerprint density at radius 3 is 1.47 bits per heavy atom. The first-order chi connectivity index (χ1) is 18.7. The lowest BCUT2D eigenvalue weighted by atomic mass is 9.78. The molecule has 5 rings (SSSR count). The summed E-state index contributed by atoms with van der Waals surface area (Å²) in [5.74, 6) is 3.10. The van der Waals surface area contributed by atoms with Crippen molar-refractivity contribution < 1.29 is 0 Å². The molecule has 2 aliphatic carbocycles. The van der Waals surface area contributed by atoms with E-state index in [1.54, 1.807) is 0 Å². The lowest BCUT2D eigenvalue weighted by Crippen LogP contribution is -2.13. The first-order valence-corrected chi connectivity index (χ1v) is 15.9. The average Bonchev–Trinajstić information content (AvgIpc) is 3.65. The van der Waals surface area contributed by atoms with Gasteiger partial charge in [-0.3, -0.25) is 10.2 Å². The minimum atomic E-state index is 0.613. The van der Waals surface area contributed by atoms with Gasteiger partial charge in [-0.05, 0) is 81.4 Å². The summed E-state index contributed by atoms with van der Waals surface area (Å²) in [4.78, 5) is 0. The van der Waals surface area contributed by atoms with Crippen molar-refractivity contribution >= 4 is 0 Å². The lowest BCUT2D eigenvalue weighted by Gasteiger charge is -2.27. The second-order valence-electron chi connectivity index (χ2n) is 12.4. The number of rotatable bonds is 12. The van der Waals surface area contributed by atoms with E-state index < -0.39 is 0 Å². The number of aromatic amines is 2. The Labute approximate surface area is 230 Å². The second-order valence-corrected chi connectivity index (χ2v) is 12.4. The van der Waals surface area contributed by atoms with Gasteiger partial charge in [-0.25, -0.2) is 0 Å². The zero-order valence-electron chi connectivity index (χ0n) is 24.0. The molecule has 2 heterocycles. The van der Waals surface area contributed by atoms with Gasteiger partial charge in [0.05, 0.1) is 22.8 Å². The molecule has 1 aromatic carbocycles. The summed E-state index contributed by atoms with van der Waals surface area (Å²) in [5.41, 5.74) is 7.19. The molecule has 0 spiro atoms. The van der Waals surface area contributed by atoms with Crippen molar-refractivity contribution in [1.29, 1.82) is 0 Å². The van der Waals surface area contributed by atoms with Crippen LogP contribution in [0.4, 0.5) is 0 Å². The molecule has 0 atom stereocenters. The maximum atomic E-state index is 4.77. The average molecular weight is 515 g/mol. The smallest absolute Gasteiger partial charge is 0.0659 e. The standard InChI is InChI=1S/C34H50N4/c1-3-5-7-10-25-14-18-27(19-15-25)31-23-33(37-35-31)29-12-9-13-30(22-29)34-24-32(36-38-34)28-20-16-26(17-21-28)11-8-6-4-2/h9,12-13,22-28H,3-8,10-11,14-21H2,1-2H3,(H,35,37)(H,36,38)/t25-,26?,27+,28?. The van der Waals surface area contributed by atoms with Crippen molar-refractivity contribution in [3.63, 3.8) is 0 Å². The van der Waals surface area contributed by atoms with E-state index in [4.69, 9.17) is 10.2 Å². The van der Waals surface area contributed by atoms with Crippen molar-refractivity contribution in [1.82, 2.24) is 20.4 Å². The van der Waals surface area contributed by atoms with Crippen LogP contribution in [0.1, 0.15) is 140 Å². The molecule has 38 heavy (non-hydrogen) atoms. The van der Waals surface area contributed by atoms with Crippen LogP contribution in [0.15, 0.2) is 36.4 Å². The molecule has 3 aromatic rings. The molecule has 2 aliphatic rings. The van der Waals surface area contributed by atoms with Crippen LogP contribution in [-0.4, -0.2) is 20.4 Å². The summed E-state index contributed by atoms with van der Waals surface area (Å²) in [7, 11) is 0. The van der Waals surface area contributed by atoms with Crippen molar-refractivity contribution in [2.45, 2.75) is 128 Å². The number of aromatic nitrogens is 4. The normalized spacial score (nSPS) is 24.1. The zero-order chi connectivity index (χ0) is 26.2. The lowest BCUT2D eigenvalue weighted by molar-refractivity contribution is 0.300. The van der Waals surface area contributed by atoms with Gasteiger partial charge in [-0.2, -0.15) is 10.2 Å². The maximum absolute atomic E-state index is 4.77. The number of benzene rings is 1. The van der Waals surface area contributed by atoms with Crippen LogP contribution < -0.4 is 0 Å². The minimum absolute atomic E-state index is 0.613. The highest BCUT2D eigenvalue weighted by Crippen LogP contribution is 2.39. The fourth-order valence-corrected chi connectivity index (χ4v) is 7.10. The van der Waals surface area contributed by atoms with E-state index in [0.717, 1.165) is 23.2 Å². The fraction of sp³-hybridized carbons (Fsp3) is 0.647. The van der Waals surface area contributed by atoms with Gasteiger partial charge in [0, 0.05) is 23.0 Å². The van der Waals surface area contributed by atoms with Crippen LogP contribution in [0, 0.1) is 11.8 Å². The van der Waals surface area contributed by atoms with E-state index in [9.17, 15) is 0 Å². The Hall–Kier alpha value is -2.36. The molecule has 4 nitrogen and oxygen atoms in total. The summed E-state index contributed by atoms with van der Waals surface area (Å²) < 4.78 is 0. The van der Waals surface area contributed by atoms with Gasteiger partial charge in [0.1, 0.15) is 0 Å². The highest BCUT2D eigenvalue weighted by atomic mass is 15.1. The first kappa shape index (κ1) is 27.2. The van der Waals surface area contributed by atoms with E-state index in [-0.39, 0.29) is 0 Å². The molecule has 206 valence electrons. The van der Waals surface area contributed by atoms with Gasteiger partial charge in [0.2, 0.25) is 0 Å². The Kier molecular flexibility index (Phi) is 9.76. The molecular weight excluding hydrogens is 464 g/mol. The molecule has 2 fully saturated rings. The summed E-state index contributed by atoms with van der Waals surface area (Å²) >= 11 is 0. The predicted molar refractivity (Wildman–Crippen MR) is 159 cm³/mol. The van der Waals surface area contributed by atoms with E-state index in [1.165, 1.54) is 125 Å². The molecule has 0 unspecified atom stereocenters. The van der Waals surface area contributed by atoms with Crippen molar-refractivity contribution in [3.05, 3.63) is 47.8 Å². The van der Waals surface area contributed by atoms with Gasteiger partial charge in [-0.15, -0.1) is 0 Å². The van der Waals surface area contributed by atoms with Crippen molar-refractivity contribution in [2.24, 2.45) is 11.8 Å². The van der Waals surface area contributed by atoms with E-state index >= 15 is 0 Å². The maximum Gasteiger partial charge on any atom is 0.0659 e. The van der Waals surface area contributed by atoms with E-state index in [1.807, 2.05) is 0 Å². The quantitative estimate of drug-likeness (QED) is 0.236. The third-order valence-corrected chi connectivity index (χ3v) is 9.64. The van der Waals surface area contributed by atoms with Gasteiger partial charge in [-0.1, -0.05) is 83.4 Å². The summed E-state index contributed by atoms with van der Waals surface area (Å²) in [5, 5.41) is 16.2. The third kappa shape index (κ3) is 6.98. The molecule has 2 N–H and O–H groups in total. The number of hydrogen-bond acceptors (Lipinski definition) is 2. The SMILES string of the molecule is CCCCCC1CCC(c2cc(-c3cccc(-c4cc([C@H]5CC[C@@H](CCCCC)CC5)n[nH]4)c3)[nH]n2)CC1. The van der Waals surface area contributed by atoms with Crippen LogP contribution in [0.25, 0.3) is 22.5 Å². The van der Waals surface area contributed by atoms with Crippen LogP contribution in [-0.2, 0) is 0 Å². The third-order valence-electron chi connectivity index (χ3n) is 9.64. The monoisotopic (exact) mass is 514 g/mol. The van der Waals surface area contributed by atoms with Gasteiger partial charge >= 0.3 is 0 Å². The molecule has 0 amide bonds. The van der Waals surface area contributed by atoms with Crippen LogP contribution >= 0.6 is 0 Å². The van der Waals surface area contributed by atoms with Crippen molar-refractivity contribution in [2.75, 3.05) is 0 Å². The number of hydrogen-bond donors (Lipinski definition) is 2. The van der Waals surface area contributed by atoms with Crippen LogP contribution in [0.3, 0.4) is 0 Å². The Morgan fingerprint density at radius 1 is 0.605 bits per heavy atom. The molecule has 4 heteroatoms. The summed E-state index contributed by atoms with van der Waals surface area (Å²) in [6.45, 7) is 4.60. The minimum Gasteiger partial charge on any atom is -0.278 e. The topological polar surface area (TPSA) is 57.4 Å². The molecule has 0 radical (unpaired) electrons. The van der Waals surface area contributed by atoms with Crippen molar-refractivity contribution in [3.8, 4) is 22.5 Å². The van der Waals surface area contributed by atoms with Gasteiger partial charge in [0.25, 0.3) is 0 Å². The first-order valence-electron chi connectivity index (χ1n) is 15.9.